The number of nitrogens with zero attached hydrogens (tertiary/aromatic N) is 1. The highest BCUT2D eigenvalue weighted by Crippen LogP contribution is 2.21. The van der Waals surface area contributed by atoms with Crippen molar-refractivity contribution in [2.75, 3.05) is 6.61 Å². The van der Waals surface area contributed by atoms with Gasteiger partial charge < -0.3 is 15.0 Å². The first-order valence-corrected chi connectivity index (χ1v) is 10.4. The number of hydrogen-bond acceptors (Lipinski definition) is 3. The van der Waals surface area contributed by atoms with E-state index in [1.165, 1.54) is 4.90 Å². The zero-order valence-corrected chi connectivity index (χ0v) is 19.3. The molecule has 0 unspecified atom stereocenters. The monoisotopic (exact) mass is 430 g/mol. The van der Waals surface area contributed by atoms with Crippen molar-refractivity contribution in [1.29, 1.82) is 0 Å². The van der Waals surface area contributed by atoms with Gasteiger partial charge in [0.25, 0.3) is 5.91 Å². The normalized spacial score (nSPS) is 12.2. The van der Waals surface area contributed by atoms with E-state index in [2.05, 4.69) is 5.32 Å². The third kappa shape index (κ3) is 6.77. The highest BCUT2D eigenvalue weighted by atomic mass is 35.5. The Labute approximate surface area is 184 Å². The molecule has 0 saturated heterocycles. The smallest absolute Gasteiger partial charge is 0.261 e. The van der Waals surface area contributed by atoms with Gasteiger partial charge in [-0.05, 0) is 76.4 Å². The molecule has 2 rings (SSSR count). The molecular weight excluding hydrogens is 400 g/mol. The first-order chi connectivity index (χ1) is 14.0. The summed E-state index contributed by atoms with van der Waals surface area (Å²) in [6.07, 6.45) is 0. The van der Waals surface area contributed by atoms with Gasteiger partial charge in [-0.25, -0.2) is 0 Å². The molecule has 162 valence electrons. The van der Waals surface area contributed by atoms with Gasteiger partial charge in [0.2, 0.25) is 5.91 Å². The molecule has 0 aliphatic carbocycles. The summed E-state index contributed by atoms with van der Waals surface area (Å²) in [5, 5.41) is 3.56. The van der Waals surface area contributed by atoms with E-state index in [-0.39, 0.29) is 25.0 Å². The first-order valence-electron chi connectivity index (χ1n) is 10.0. The van der Waals surface area contributed by atoms with Gasteiger partial charge in [-0.15, -0.1) is 0 Å². The summed E-state index contributed by atoms with van der Waals surface area (Å²) in [6.45, 7) is 11.5. The minimum Gasteiger partial charge on any atom is -0.483 e. The molecule has 1 atom stereocenters. The second-order valence-corrected chi connectivity index (χ2v) is 8.99. The van der Waals surface area contributed by atoms with Gasteiger partial charge in [0.1, 0.15) is 11.8 Å². The zero-order chi connectivity index (χ0) is 22.5. The van der Waals surface area contributed by atoms with Crippen molar-refractivity contribution in [3.63, 3.8) is 0 Å². The minimum atomic E-state index is -0.658. The number of carbonyl (C=O) groups excluding carboxylic acids is 2. The largest absolute Gasteiger partial charge is 0.483 e. The van der Waals surface area contributed by atoms with E-state index in [0.717, 1.165) is 16.7 Å². The summed E-state index contributed by atoms with van der Waals surface area (Å²) in [4.78, 5) is 27.4. The molecule has 2 aromatic rings. The van der Waals surface area contributed by atoms with E-state index in [1.54, 1.807) is 19.1 Å². The lowest BCUT2D eigenvalue weighted by molar-refractivity contribution is -0.142. The van der Waals surface area contributed by atoms with Crippen molar-refractivity contribution in [3.8, 4) is 5.75 Å². The summed E-state index contributed by atoms with van der Waals surface area (Å²) in [6, 6.07) is 12.3. The van der Waals surface area contributed by atoms with Crippen LogP contribution < -0.4 is 10.1 Å². The maximum absolute atomic E-state index is 13.1. The van der Waals surface area contributed by atoms with Crippen LogP contribution in [-0.4, -0.2) is 34.9 Å². The number of amides is 2. The number of aryl methyl sites for hydroxylation is 1. The van der Waals surface area contributed by atoms with Crippen LogP contribution in [0.2, 0.25) is 5.02 Å². The molecule has 0 aliphatic heterocycles. The Morgan fingerprint density at radius 2 is 1.73 bits per heavy atom. The summed E-state index contributed by atoms with van der Waals surface area (Å²) < 4.78 is 5.80. The van der Waals surface area contributed by atoms with E-state index < -0.39 is 11.6 Å². The third-order valence-electron chi connectivity index (χ3n) is 4.84. The van der Waals surface area contributed by atoms with Crippen LogP contribution in [0.1, 0.15) is 44.4 Å². The molecule has 0 spiro atoms. The average molecular weight is 431 g/mol. The first kappa shape index (κ1) is 23.7. The number of ether oxygens (including phenoxy) is 1. The number of nitrogens with one attached hydrogen (secondary N) is 1. The van der Waals surface area contributed by atoms with Gasteiger partial charge in [0, 0.05) is 17.1 Å². The number of rotatable bonds is 7. The quantitative estimate of drug-likeness (QED) is 0.694. The number of benzene rings is 2. The van der Waals surface area contributed by atoms with Crippen molar-refractivity contribution in [2.45, 2.75) is 59.7 Å². The molecule has 6 heteroatoms. The Hall–Kier alpha value is -2.53. The molecule has 0 fully saturated rings. The van der Waals surface area contributed by atoms with Crippen molar-refractivity contribution < 1.29 is 14.3 Å². The molecule has 0 aromatic heterocycles. The number of carbonyl (C=O) groups is 2. The number of halogens is 1. The molecule has 0 aliphatic rings. The average Bonchev–Trinajstić information content (AvgIpc) is 2.66. The van der Waals surface area contributed by atoms with Crippen molar-refractivity contribution in [3.05, 3.63) is 64.2 Å². The maximum Gasteiger partial charge on any atom is 0.261 e. The molecule has 2 aromatic carbocycles. The van der Waals surface area contributed by atoms with E-state index in [0.29, 0.717) is 10.8 Å². The van der Waals surface area contributed by atoms with Crippen LogP contribution in [0.15, 0.2) is 42.5 Å². The fourth-order valence-electron chi connectivity index (χ4n) is 2.95. The van der Waals surface area contributed by atoms with Gasteiger partial charge in [-0.2, -0.15) is 0 Å². The third-order valence-corrected chi connectivity index (χ3v) is 5.09. The molecule has 1 N–H and O–H groups in total. The minimum absolute atomic E-state index is 0.148. The van der Waals surface area contributed by atoms with Crippen LogP contribution in [0.3, 0.4) is 0 Å². The molecule has 5 nitrogen and oxygen atoms in total. The SMILES string of the molecule is Cc1cccc(OCC(=O)N(Cc2ccc(Cl)cc2)[C@@H](C)C(=O)NC(C)(C)C)c1C. The highest BCUT2D eigenvalue weighted by Gasteiger charge is 2.28. The summed E-state index contributed by atoms with van der Waals surface area (Å²) in [7, 11) is 0. The zero-order valence-electron chi connectivity index (χ0n) is 18.6. The molecule has 0 radical (unpaired) electrons. The Balaban J connectivity index is 2.20. The predicted molar refractivity (Wildman–Crippen MR) is 121 cm³/mol. The van der Waals surface area contributed by atoms with E-state index in [9.17, 15) is 9.59 Å². The fourth-order valence-corrected chi connectivity index (χ4v) is 3.07. The standard InChI is InChI=1S/C24H31ClN2O3/c1-16-8-7-9-21(17(16)2)30-15-22(28)27(14-19-10-12-20(25)13-11-19)18(3)23(29)26-24(4,5)6/h7-13,18H,14-15H2,1-6H3,(H,26,29)/t18-/m0/s1. The van der Waals surface area contributed by atoms with Crippen LogP contribution in [-0.2, 0) is 16.1 Å². The Morgan fingerprint density at radius 3 is 2.33 bits per heavy atom. The summed E-state index contributed by atoms with van der Waals surface area (Å²) in [5.41, 5.74) is 2.58. The van der Waals surface area contributed by atoms with Crippen molar-refractivity contribution in [1.82, 2.24) is 10.2 Å². The predicted octanol–water partition coefficient (Wildman–Crippen LogP) is 4.67. The topological polar surface area (TPSA) is 58.6 Å². The Morgan fingerprint density at radius 1 is 1.10 bits per heavy atom. The molecule has 0 bridgehead atoms. The van der Waals surface area contributed by atoms with Gasteiger partial charge >= 0.3 is 0 Å². The lowest BCUT2D eigenvalue weighted by Gasteiger charge is -2.31. The molecule has 0 heterocycles. The van der Waals surface area contributed by atoms with Crippen molar-refractivity contribution in [2.24, 2.45) is 0 Å². The van der Waals surface area contributed by atoms with Crippen LogP contribution in [0.25, 0.3) is 0 Å². The maximum atomic E-state index is 13.1. The Bertz CT molecular complexity index is 888. The van der Waals surface area contributed by atoms with Crippen LogP contribution >= 0.6 is 11.6 Å². The van der Waals surface area contributed by atoms with Crippen LogP contribution in [0.4, 0.5) is 0 Å². The van der Waals surface area contributed by atoms with Crippen LogP contribution in [0, 0.1) is 13.8 Å². The second kappa shape index (κ2) is 9.98. The Kier molecular flexibility index (Phi) is 7.90. The van der Waals surface area contributed by atoms with Gasteiger partial charge in [-0.3, -0.25) is 9.59 Å². The fraction of sp³-hybridized carbons (Fsp3) is 0.417. The lowest BCUT2D eigenvalue weighted by atomic mass is 10.1. The van der Waals surface area contributed by atoms with E-state index >= 15 is 0 Å². The molecule has 30 heavy (non-hydrogen) atoms. The summed E-state index contributed by atoms with van der Waals surface area (Å²) >= 11 is 5.98. The molecule has 0 saturated carbocycles. The second-order valence-electron chi connectivity index (χ2n) is 8.55. The number of hydrogen-bond donors (Lipinski definition) is 1. The van der Waals surface area contributed by atoms with E-state index in [1.807, 2.05) is 65.0 Å². The van der Waals surface area contributed by atoms with Gasteiger partial charge in [0.15, 0.2) is 6.61 Å². The van der Waals surface area contributed by atoms with Crippen molar-refractivity contribution >= 4 is 23.4 Å². The molecule has 2 amide bonds. The van der Waals surface area contributed by atoms with Crippen LogP contribution in [0.5, 0.6) is 5.75 Å². The van der Waals surface area contributed by atoms with E-state index in [4.69, 9.17) is 16.3 Å². The highest BCUT2D eigenvalue weighted by molar-refractivity contribution is 6.30. The van der Waals surface area contributed by atoms with Gasteiger partial charge in [-0.1, -0.05) is 35.9 Å². The molecular formula is C24H31ClN2O3. The summed E-state index contributed by atoms with van der Waals surface area (Å²) in [5.74, 6) is 0.195. The lowest BCUT2D eigenvalue weighted by Crippen LogP contribution is -2.53. The van der Waals surface area contributed by atoms with Gasteiger partial charge in [0.05, 0.1) is 0 Å².